The number of nitrogens with one attached hydrogen (secondary N) is 2. The van der Waals surface area contributed by atoms with E-state index in [0.717, 1.165) is 41.2 Å². The van der Waals surface area contributed by atoms with Crippen molar-refractivity contribution in [1.29, 1.82) is 0 Å². The van der Waals surface area contributed by atoms with Gasteiger partial charge in [0.25, 0.3) is 0 Å². The van der Waals surface area contributed by atoms with Gasteiger partial charge in [-0.05, 0) is 30.5 Å². The van der Waals surface area contributed by atoms with Crippen LogP contribution < -0.4 is 10.6 Å². The molecule has 2 aromatic rings. The van der Waals surface area contributed by atoms with E-state index in [9.17, 15) is 4.79 Å². The van der Waals surface area contributed by atoms with Gasteiger partial charge < -0.3 is 10.6 Å². The Bertz CT molecular complexity index is 752. The zero-order valence-electron chi connectivity index (χ0n) is 12.2. The topological polar surface area (TPSA) is 54.0 Å². The zero-order valence-corrected chi connectivity index (χ0v) is 12.2. The van der Waals surface area contributed by atoms with Crippen molar-refractivity contribution in [3.8, 4) is 0 Å². The fourth-order valence-electron chi connectivity index (χ4n) is 3.22. The number of pyridine rings is 1. The lowest BCUT2D eigenvalue weighted by molar-refractivity contribution is -0.116. The Balaban J connectivity index is 1.88. The van der Waals surface area contributed by atoms with Gasteiger partial charge in [0.05, 0.1) is 11.7 Å². The van der Waals surface area contributed by atoms with Crippen molar-refractivity contribution in [2.24, 2.45) is 0 Å². The summed E-state index contributed by atoms with van der Waals surface area (Å²) in [6, 6.07) is 13.9. The minimum Gasteiger partial charge on any atom is -0.371 e. The largest absolute Gasteiger partial charge is 0.371 e. The molecule has 0 amide bonds. The van der Waals surface area contributed by atoms with Crippen LogP contribution in [0.2, 0.25) is 0 Å². The van der Waals surface area contributed by atoms with E-state index in [1.807, 2.05) is 30.3 Å². The number of ketones is 1. The van der Waals surface area contributed by atoms with Gasteiger partial charge in [-0.25, -0.2) is 4.98 Å². The van der Waals surface area contributed by atoms with Crippen LogP contribution in [0.25, 0.3) is 0 Å². The summed E-state index contributed by atoms with van der Waals surface area (Å²) in [6.07, 6.45) is 4.17. The number of aromatic nitrogens is 1. The quantitative estimate of drug-likeness (QED) is 0.841. The van der Waals surface area contributed by atoms with Gasteiger partial charge in [0, 0.05) is 23.9 Å². The average molecular weight is 291 g/mol. The number of fused-ring (bicyclic) bond motifs is 1. The highest BCUT2D eigenvalue weighted by Crippen LogP contribution is 2.39. The number of anilines is 2. The number of hydrogen-bond acceptors (Lipinski definition) is 4. The second-order valence-corrected chi connectivity index (χ2v) is 5.68. The summed E-state index contributed by atoms with van der Waals surface area (Å²) in [7, 11) is 0. The minimum absolute atomic E-state index is 0.123. The van der Waals surface area contributed by atoms with Crippen molar-refractivity contribution in [2.75, 3.05) is 10.6 Å². The van der Waals surface area contributed by atoms with E-state index in [1.54, 1.807) is 6.20 Å². The van der Waals surface area contributed by atoms with E-state index in [1.165, 1.54) is 0 Å². The van der Waals surface area contributed by atoms with Crippen molar-refractivity contribution in [3.63, 3.8) is 0 Å². The molecule has 4 rings (SSSR count). The summed E-state index contributed by atoms with van der Waals surface area (Å²) in [5.41, 5.74) is 3.90. The molecule has 0 spiro atoms. The molecule has 1 unspecified atom stereocenters. The van der Waals surface area contributed by atoms with Crippen molar-refractivity contribution < 1.29 is 4.79 Å². The summed E-state index contributed by atoms with van der Waals surface area (Å²) < 4.78 is 0. The molecule has 1 aromatic carbocycles. The van der Waals surface area contributed by atoms with Gasteiger partial charge in [0.1, 0.15) is 0 Å². The molecule has 0 fully saturated rings. The normalized spacial score (nSPS) is 20.4. The highest BCUT2D eigenvalue weighted by molar-refractivity contribution is 6.00. The third-order valence-corrected chi connectivity index (χ3v) is 4.25. The van der Waals surface area contributed by atoms with Crippen LogP contribution in [-0.2, 0) is 4.79 Å². The number of carbonyl (C=O) groups excluding carboxylic acids is 1. The van der Waals surface area contributed by atoms with E-state index in [2.05, 4.69) is 27.8 Å². The second-order valence-electron chi connectivity index (χ2n) is 5.68. The first-order chi connectivity index (χ1) is 10.8. The van der Waals surface area contributed by atoms with Gasteiger partial charge >= 0.3 is 0 Å². The number of nitrogens with zero attached hydrogens (tertiary/aromatic N) is 1. The van der Waals surface area contributed by atoms with Gasteiger partial charge in [0.15, 0.2) is 11.6 Å². The predicted molar refractivity (Wildman–Crippen MR) is 86.5 cm³/mol. The van der Waals surface area contributed by atoms with Gasteiger partial charge in [-0.3, -0.25) is 4.79 Å². The van der Waals surface area contributed by atoms with Crippen LogP contribution in [0.5, 0.6) is 0 Å². The van der Waals surface area contributed by atoms with Gasteiger partial charge in [-0.2, -0.15) is 0 Å². The molecule has 0 radical (unpaired) electrons. The maximum atomic E-state index is 12.6. The highest BCUT2D eigenvalue weighted by atomic mass is 16.1. The first-order valence-electron chi connectivity index (χ1n) is 7.63. The lowest BCUT2D eigenvalue weighted by atomic mass is 9.87. The first kappa shape index (κ1) is 13.1. The molecule has 4 heteroatoms. The predicted octanol–water partition coefficient (Wildman–Crippen LogP) is 3.67. The number of Topliss-reactive ketones (excluding diaryl/α,β-unsaturated/α-hetero) is 1. The molecule has 4 nitrogen and oxygen atoms in total. The molecule has 22 heavy (non-hydrogen) atoms. The van der Waals surface area contributed by atoms with Crippen LogP contribution in [0.3, 0.4) is 0 Å². The Morgan fingerprint density at radius 1 is 1.05 bits per heavy atom. The number of hydrogen-bond donors (Lipinski definition) is 2. The Kier molecular flexibility index (Phi) is 3.15. The summed E-state index contributed by atoms with van der Waals surface area (Å²) in [5.74, 6) is 1.02. The van der Waals surface area contributed by atoms with E-state index < -0.39 is 0 Å². The van der Waals surface area contributed by atoms with Crippen LogP contribution in [0.4, 0.5) is 11.5 Å². The molecule has 110 valence electrons. The van der Waals surface area contributed by atoms with Crippen LogP contribution in [0, 0.1) is 0 Å². The smallest absolute Gasteiger partial charge is 0.163 e. The second kappa shape index (κ2) is 5.30. The average Bonchev–Trinajstić information content (AvgIpc) is 2.73. The van der Waals surface area contributed by atoms with Gasteiger partial charge in [-0.1, -0.05) is 30.3 Å². The fourth-order valence-corrected chi connectivity index (χ4v) is 3.22. The molecule has 0 saturated carbocycles. The molecule has 1 atom stereocenters. The lowest BCUT2D eigenvalue weighted by Crippen LogP contribution is -2.23. The van der Waals surface area contributed by atoms with E-state index in [4.69, 9.17) is 0 Å². The Labute approximate surface area is 129 Å². The number of allylic oxidation sites excluding steroid dienone is 1. The third-order valence-electron chi connectivity index (χ3n) is 4.25. The Hall–Kier alpha value is -2.62. The minimum atomic E-state index is -0.123. The monoisotopic (exact) mass is 291 g/mol. The highest BCUT2D eigenvalue weighted by Gasteiger charge is 2.32. The van der Waals surface area contributed by atoms with Crippen molar-refractivity contribution in [2.45, 2.75) is 25.3 Å². The van der Waals surface area contributed by atoms with E-state index in [0.29, 0.717) is 6.42 Å². The summed E-state index contributed by atoms with van der Waals surface area (Å²) in [6.45, 7) is 0. The molecular formula is C18H17N3O. The molecule has 1 aliphatic carbocycles. The maximum absolute atomic E-state index is 12.6. The molecule has 2 heterocycles. The molecule has 1 aliphatic heterocycles. The fraction of sp³-hybridized carbons (Fsp3) is 0.222. The van der Waals surface area contributed by atoms with Gasteiger partial charge in [-0.15, -0.1) is 0 Å². The molecule has 0 bridgehead atoms. The third kappa shape index (κ3) is 2.17. The lowest BCUT2D eigenvalue weighted by Gasteiger charge is -2.25. The van der Waals surface area contributed by atoms with Crippen molar-refractivity contribution >= 4 is 17.3 Å². The number of rotatable bonds is 1. The maximum Gasteiger partial charge on any atom is 0.163 e. The standard InChI is InChI=1S/C18H17N3O/c22-15-10-4-8-13-16(15)17(12-6-2-1-3-7-12)20-14-9-5-11-19-18(14)21-13/h1-3,5-7,9,11,17,20H,4,8,10H2,(H,19,21). The van der Waals surface area contributed by atoms with Crippen LogP contribution >= 0.6 is 0 Å². The van der Waals surface area contributed by atoms with Crippen LogP contribution in [0.15, 0.2) is 59.9 Å². The zero-order chi connectivity index (χ0) is 14.9. The van der Waals surface area contributed by atoms with Crippen LogP contribution in [0.1, 0.15) is 30.9 Å². The molecular weight excluding hydrogens is 274 g/mol. The Morgan fingerprint density at radius 2 is 1.91 bits per heavy atom. The summed E-state index contributed by atoms with van der Waals surface area (Å²) in [4.78, 5) is 17.0. The van der Waals surface area contributed by atoms with E-state index >= 15 is 0 Å². The first-order valence-corrected chi connectivity index (χ1v) is 7.63. The number of benzene rings is 1. The molecule has 2 N–H and O–H groups in total. The Morgan fingerprint density at radius 3 is 2.77 bits per heavy atom. The van der Waals surface area contributed by atoms with Crippen LogP contribution in [-0.4, -0.2) is 10.8 Å². The van der Waals surface area contributed by atoms with Crippen molar-refractivity contribution in [3.05, 3.63) is 65.5 Å². The molecule has 2 aliphatic rings. The SMILES string of the molecule is O=C1CCCC2=C1C(c1ccccc1)Nc1cccnc1N2. The molecule has 0 saturated heterocycles. The van der Waals surface area contributed by atoms with Gasteiger partial charge in [0.2, 0.25) is 0 Å². The summed E-state index contributed by atoms with van der Waals surface area (Å²) in [5, 5.41) is 6.88. The molecule has 1 aromatic heterocycles. The summed E-state index contributed by atoms with van der Waals surface area (Å²) >= 11 is 0. The van der Waals surface area contributed by atoms with E-state index in [-0.39, 0.29) is 11.8 Å². The number of carbonyl (C=O) groups is 1. The van der Waals surface area contributed by atoms with Crippen molar-refractivity contribution in [1.82, 2.24) is 4.98 Å².